The van der Waals surface area contributed by atoms with E-state index in [1.807, 2.05) is 13.8 Å². The zero-order valence-corrected chi connectivity index (χ0v) is 12.5. The normalized spacial score (nSPS) is 23.3. The molecular formula is C15H27NO3. The van der Waals surface area contributed by atoms with Crippen molar-refractivity contribution in [1.29, 1.82) is 0 Å². The Kier molecular flexibility index (Phi) is 5.39. The van der Waals surface area contributed by atoms with Gasteiger partial charge in [-0.15, -0.1) is 0 Å². The van der Waals surface area contributed by atoms with Crippen molar-refractivity contribution in [2.45, 2.75) is 53.4 Å². The lowest BCUT2D eigenvalue weighted by Gasteiger charge is -2.26. The highest BCUT2D eigenvalue weighted by Gasteiger charge is 2.39. The average molecular weight is 269 g/mol. The molecule has 4 heteroatoms. The van der Waals surface area contributed by atoms with Crippen LogP contribution in [0.1, 0.15) is 53.4 Å². The second-order valence-corrected chi connectivity index (χ2v) is 6.84. The first-order valence-corrected chi connectivity index (χ1v) is 7.24. The van der Waals surface area contributed by atoms with E-state index in [1.165, 1.54) is 0 Å². The van der Waals surface area contributed by atoms with Crippen LogP contribution in [0.25, 0.3) is 0 Å². The van der Waals surface area contributed by atoms with E-state index >= 15 is 0 Å². The fourth-order valence-electron chi connectivity index (χ4n) is 3.00. The minimum absolute atomic E-state index is 0.0255. The first-order valence-electron chi connectivity index (χ1n) is 7.24. The van der Waals surface area contributed by atoms with Crippen LogP contribution >= 0.6 is 0 Å². The number of carboxylic acid groups (broad SMARTS) is 1. The molecule has 0 bridgehead atoms. The Hall–Kier alpha value is -1.06. The van der Waals surface area contributed by atoms with E-state index in [0.717, 1.165) is 19.3 Å². The van der Waals surface area contributed by atoms with Crippen LogP contribution < -0.4 is 5.32 Å². The number of hydrogen-bond acceptors (Lipinski definition) is 2. The van der Waals surface area contributed by atoms with E-state index in [9.17, 15) is 9.59 Å². The molecule has 1 rings (SSSR count). The van der Waals surface area contributed by atoms with Gasteiger partial charge < -0.3 is 10.4 Å². The van der Waals surface area contributed by atoms with Crippen LogP contribution in [0.2, 0.25) is 0 Å². The van der Waals surface area contributed by atoms with Gasteiger partial charge in [0.25, 0.3) is 0 Å². The molecule has 1 fully saturated rings. The summed E-state index contributed by atoms with van der Waals surface area (Å²) in [5.41, 5.74) is 0.0425. The minimum Gasteiger partial charge on any atom is -0.481 e. The average Bonchev–Trinajstić information content (AvgIpc) is 2.63. The number of carboxylic acids is 1. The first kappa shape index (κ1) is 16.0. The lowest BCUT2D eigenvalue weighted by Crippen LogP contribution is -2.40. The Morgan fingerprint density at radius 3 is 2.42 bits per heavy atom. The van der Waals surface area contributed by atoms with E-state index < -0.39 is 11.9 Å². The van der Waals surface area contributed by atoms with Crippen molar-refractivity contribution < 1.29 is 14.7 Å². The third-order valence-corrected chi connectivity index (χ3v) is 4.20. The molecule has 2 atom stereocenters. The first-order chi connectivity index (χ1) is 8.74. The van der Waals surface area contributed by atoms with Crippen LogP contribution in [-0.4, -0.2) is 23.5 Å². The quantitative estimate of drug-likeness (QED) is 0.779. The number of rotatable bonds is 6. The number of carbonyl (C=O) groups is 2. The lowest BCUT2D eigenvalue weighted by atomic mass is 9.81. The van der Waals surface area contributed by atoms with Crippen LogP contribution in [0, 0.1) is 23.2 Å². The summed E-state index contributed by atoms with van der Waals surface area (Å²) in [4.78, 5) is 23.3. The largest absolute Gasteiger partial charge is 0.481 e. The topological polar surface area (TPSA) is 66.4 Å². The monoisotopic (exact) mass is 269 g/mol. The standard InChI is InChI=1S/C15H27NO3/c1-10(2)8-11(14(18)19)9-16-13(17)12-6-5-7-15(12,3)4/h10-12H,5-9H2,1-4H3,(H,16,17)(H,18,19). The highest BCUT2D eigenvalue weighted by Crippen LogP contribution is 2.42. The molecule has 1 saturated carbocycles. The Morgan fingerprint density at radius 2 is 2.00 bits per heavy atom. The Morgan fingerprint density at radius 1 is 1.37 bits per heavy atom. The maximum absolute atomic E-state index is 12.2. The Bertz CT molecular complexity index is 336. The van der Waals surface area contributed by atoms with Gasteiger partial charge >= 0.3 is 5.97 Å². The number of carbonyl (C=O) groups excluding carboxylic acids is 1. The molecular weight excluding hydrogens is 242 g/mol. The summed E-state index contributed by atoms with van der Waals surface area (Å²) in [6.45, 7) is 8.48. The predicted molar refractivity (Wildman–Crippen MR) is 74.7 cm³/mol. The van der Waals surface area contributed by atoms with Crippen molar-refractivity contribution in [1.82, 2.24) is 5.32 Å². The summed E-state index contributed by atoms with van der Waals surface area (Å²) in [5, 5.41) is 12.0. The maximum Gasteiger partial charge on any atom is 0.308 e. The molecule has 0 aliphatic heterocycles. The molecule has 2 N–H and O–H groups in total. The maximum atomic E-state index is 12.2. The molecule has 0 aromatic rings. The number of nitrogens with one attached hydrogen (secondary N) is 1. The van der Waals surface area contributed by atoms with Crippen molar-refractivity contribution in [2.75, 3.05) is 6.54 Å². The van der Waals surface area contributed by atoms with Crippen LogP contribution in [0.5, 0.6) is 0 Å². The predicted octanol–water partition coefficient (Wildman–Crippen LogP) is 2.68. The minimum atomic E-state index is -0.820. The number of aliphatic carboxylic acids is 1. The van der Waals surface area contributed by atoms with Crippen molar-refractivity contribution in [3.63, 3.8) is 0 Å². The van der Waals surface area contributed by atoms with Gasteiger partial charge in [-0.2, -0.15) is 0 Å². The van der Waals surface area contributed by atoms with Crippen LogP contribution in [0.15, 0.2) is 0 Å². The summed E-state index contributed by atoms with van der Waals surface area (Å²) in [5.74, 6) is -0.924. The van der Waals surface area contributed by atoms with E-state index in [2.05, 4.69) is 19.2 Å². The molecule has 0 aromatic heterocycles. The lowest BCUT2D eigenvalue weighted by molar-refractivity contribution is -0.142. The molecule has 1 aliphatic rings. The van der Waals surface area contributed by atoms with Gasteiger partial charge in [0.2, 0.25) is 5.91 Å². The molecule has 0 radical (unpaired) electrons. The molecule has 110 valence electrons. The zero-order chi connectivity index (χ0) is 14.6. The van der Waals surface area contributed by atoms with Crippen LogP contribution in [0.4, 0.5) is 0 Å². The number of hydrogen-bond donors (Lipinski definition) is 2. The van der Waals surface area contributed by atoms with Gasteiger partial charge in [-0.1, -0.05) is 34.1 Å². The van der Waals surface area contributed by atoms with Gasteiger partial charge in [0.05, 0.1) is 5.92 Å². The highest BCUT2D eigenvalue weighted by atomic mass is 16.4. The fraction of sp³-hybridized carbons (Fsp3) is 0.867. The summed E-state index contributed by atoms with van der Waals surface area (Å²) < 4.78 is 0. The molecule has 0 spiro atoms. The molecule has 1 amide bonds. The second kappa shape index (κ2) is 6.40. The van der Waals surface area contributed by atoms with Crippen LogP contribution in [-0.2, 0) is 9.59 Å². The molecule has 19 heavy (non-hydrogen) atoms. The van der Waals surface area contributed by atoms with Gasteiger partial charge in [0, 0.05) is 12.5 Å². The number of amides is 1. The molecule has 0 heterocycles. The molecule has 1 aliphatic carbocycles. The van der Waals surface area contributed by atoms with E-state index in [4.69, 9.17) is 5.11 Å². The van der Waals surface area contributed by atoms with Gasteiger partial charge in [0.15, 0.2) is 0 Å². The Balaban J connectivity index is 2.50. The van der Waals surface area contributed by atoms with Gasteiger partial charge in [-0.3, -0.25) is 9.59 Å². The molecule has 0 saturated heterocycles. The van der Waals surface area contributed by atoms with Gasteiger partial charge in [0.1, 0.15) is 0 Å². The van der Waals surface area contributed by atoms with Crippen LogP contribution in [0.3, 0.4) is 0 Å². The molecule has 0 aromatic carbocycles. The van der Waals surface area contributed by atoms with Crippen molar-refractivity contribution >= 4 is 11.9 Å². The fourth-order valence-corrected chi connectivity index (χ4v) is 3.00. The van der Waals surface area contributed by atoms with Gasteiger partial charge in [-0.05, 0) is 30.6 Å². The third kappa shape index (κ3) is 4.51. The van der Waals surface area contributed by atoms with Crippen molar-refractivity contribution in [2.24, 2.45) is 23.2 Å². The van der Waals surface area contributed by atoms with Crippen molar-refractivity contribution in [3.05, 3.63) is 0 Å². The molecule has 2 unspecified atom stereocenters. The SMILES string of the molecule is CC(C)CC(CNC(=O)C1CCCC1(C)C)C(=O)O. The van der Waals surface area contributed by atoms with Gasteiger partial charge in [-0.25, -0.2) is 0 Å². The third-order valence-electron chi connectivity index (χ3n) is 4.20. The zero-order valence-electron chi connectivity index (χ0n) is 12.5. The summed E-state index contributed by atoms with van der Waals surface area (Å²) in [6, 6.07) is 0. The smallest absolute Gasteiger partial charge is 0.308 e. The van der Waals surface area contributed by atoms with E-state index in [1.54, 1.807) is 0 Å². The highest BCUT2D eigenvalue weighted by molar-refractivity contribution is 5.80. The summed E-state index contributed by atoms with van der Waals surface area (Å²) in [7, 11) is 0. The molecule has 4 nitrogen and oxygen atoms in total. The summed E-state index contributed by atoms with van der Waals surface area (Å²) >= 11 is 0. The Labute approximate surface area is 116 Å². The second-order valence-electron chi connectivity index (χ2n) is 6.84. The van der Waals surface area contributed by atoms with E-state index in [0.29, 0.717) is 12.3 Å². The van der Waals surface area contributed by atoms with E-state index in [-0.39, 0.29) is 23.8 Å². The van der Waals surface area contributed by atoms with Crippen molar-refractivity contribution in [3.8, 4) is 0 Å². The summed E-state index contributed by atoms with van der Waals surface area (Å²) in [6.07, 6.45) is 3.67.